The molecule has 3 rings (SSSR count). The second-order valence-corrected chi connectivity index (χ2v) is 7.64. The number of amides is 1. The van der Waals surface area contributed by atoms with Crippen LogP contribution in [0.2, 0.25) is 0 Å². The molecule has 170 valence electrons. The number of hydrazine groups is 1. The van der Waals surface area contributed by atoms with Crippen LogP contribution in [-0.4, -0.2) is 30.6 Å². The Morgan fingerprint density at radius 1 is 1.25 bits per heavy atom. The fourth-order valence-corrected chi connectivity index (χ4v) is 3.38. The zero-order valence-corrected chi connectivity index (χ0v) is 18.4. The number of hydrogen-bond acceptors (Lipinski definition) is 4. The Hall–Kier alpha value is -3.41. The zero-order chi connectivity index (χ0) is 23.6. The Balaban J connectivity index is 1.79. The Morgan fingerprint density at radius 3 is 2.53 bits per heavy atom. The van der Waals surface area contributed by atoms with Gasteiger partial charge in [0.2, 0.25) is 0 Å². The van der Waals surface area contributed by atoms with Gasteiger partial charge in [0.05, 0.1) is 17.8 Å². The fraction of sp³-hybridized carbons (Fsp3) is 0.300. The Kier molecular flexibility index (Phi) is 6.53. The Labute approximate surface area is 187 Å². The van der Waals surface area contributed by atoms with Crippen molar-refractivity contribution < 1.29 is 18.0 Å². The SMILES string of the molecule is Cc1cc(C)n(C(C)C(=O)NN(C(N)=S)c2ccn(Cc3ccccc3C(F)(F)F)n2)n1. The molecule has 2 heterocycles. The van der Waals surface area contributed by atoms with Gasteiger partial charge in [0.25, 0.3) is 5.91 Å². The fourth-order valence-electron chi connectivity index (χ4n) is 3.25. The minimum Gasteiger partial charge on any atom is -0.374 e. The number of nitrogens with zero attached hydrogens (tertiary/aromatic N) is 5. The summed E-state index contributed by atoms with van der Waals surface area (Å²) in [6.07, 6.45) is -3.01. The number of benzene rings is 1. The minimum absolute atomic E-state index is 0.0544. The number of nitrogens with two attached hydrogens (primary N) is 1. The summed E-state index contributed by atoms with van der Waals surface area (Å²) in [7, 11) is 0. The highest BCUT2D eigenvalue weighted by Crippen LogP contribution is 2.32. The molecule has 8 nitrogen and oxygen atoms in total. The van der Waals surface area contributed by atoms with Crippen LogP contribution in [0.5, 0.6) is 0 Å². The van der Waals surface area contributed by atoms with Crippen molar-refractivity contribution in [2.45, 2.75) is 39.5 Å². The van der Waals surface area contributed by atoms with Crippen LogP contribution in [0.1, 0.15) is 35.5 Å². The van der Waals surface area contributed by atoms with E-state index >= 15 is 0 Å². The van der Waals surface area contributed by atoms with Crippen molar-refractivity contribution in [3.63, 3.8) is 0 Å². The van der Waals surface area contributed by atoms with Crippen LogP contribution < -0.4 is 16.2 Å². The summed E-state index contributed by atoms with van der Waals surface area (Å²) in [5.74, 6) is -0.281. The Bertz CT molecular complexity index is 1140. The summed E-state index contributed by atoms with van der Waals surface area (Å²) in [6.45, 7) is 5.19. The van der Waals surface area contributed by atoms with Crippen molar-refractivity contribution in [2.24, 2.45) is 5.73 Å². The van der Waals surface area contributed by atoms with Crippen molar-refractivity contribution in [3.8, 4) is 0 Å². The molecule has 3 N–H and O–H groups in total. The first-order chi connectivity index (χ1) is 15.0. The molecule has 0 radical (unpaired) electrons. The number of carbonyl (C=O) groups is 1. The number of thiocarbonyl (C=S) groups is 1. The molecule has 0 fully saturated rings. The predicted octanol–water partition coefficient (Wildman–Crippen LogP) is 3.11. The molecule has 2 aromatic heterocycles. The lowest BCUT2D eigenvalue weighted by atomic mass is 10.1. The summed E-state index contributed by atoms with van der Waals surface area (Å²) >= 11 is 5.03. The van der Waals surface area contributed by atoms with E-state index in [1.54, 1.807) is 11.6 Å². The maximum absolute atomic E-state index is 13.3. The number of hydrogen-bond donors (Lipinski definition) is 2. The molecule has 0 bridgehead atoms. The number of nitrogens with one attached hydrogen (secondary N) is 1. The van der Waals surface area contributed by atoms with Crippen molar-refractivity contribution >= 4 is 29.1 Å². The highest BCUT2D eigenvalue weighted by Gasteiger charge is 2.33. The molecule has 0 aliphatic heterocycles. The number of aromatic nitrogens is 4. The second kappa shape index (κ2) is 8.99. The number of aryl methyl sites for hydroxylation is 2. The quantitative estimate of drug-likeness (QED) is 0.444. The first kappa shape index (κ1) is 23.3. The van der Waals surface area contributed by atoms with E-state index in [1.807, 2.05) is 19.9 Å². The van der Waals surface area contributed by atoms with Crippen molar-refractivity contribution in [2.75, 3.05) is 5.01 Å². The second-order valence-electron chi connectivity index (χ2n) is 7.22. The van der Waals surface area contributed by atoms with Crippen LogP contribution in [0.15, 0.2) is 42.6 Å². The summed E-state index contributed by atoms with van der Waals surface area (Å²) in [6, 6.07) is 7.92. The van der Waals surface area contributed by atoms with Gasteiger partial charge in [0.1, 0.15) is 6.04 Å². The van der Waals surface area contributed by atoms with Gasteiger partial charge in [-0.3, -0.25) is 19.6 Å². The lowest BCUT2D eigenvalue weighted by molar-refractivity contribution is -0.138. The van der Waals surface area contributed by atoms with Gasteiger partial charge < -0.3 is 5.73 Å². The van der Waals surface area contributed by atoms with Gasteiger partial charge in [-0.1, -0.05) is 18.2 Å². The maximum atomic E-state index is 13.3. The summed E-state index contributed by atoms with van der Waals surface area (Å²) in [5, 5.41) is 9.45. The first-order valence-electron chi connectivity index (χ1n) is 9.58. The molecule has 0 spiro atoms. The van der Waals surface area contributed by atoms with E-state index in [2.05, 4.69) is 15.6 Å². The normalized spacial score (nSPS) is 12.4. The van der Waals surface area contributed by atoms with Gasteiger partial charge in [-0.25, -0.2) is 5.01 Å². The highest BCUT2D eigenvalue weighted by molar-refractivity contribution is 7.80. The lowest BCUT2D eigenvalue weighted by Crippen LogP contribution is -2.51. The highest BCUT2D eigenvalue weighted by atomic mass is 32.1. The summed E-state index contributed by atoms with van der Waals surface area (Å²) in [5.41, 5.74) is 9.24. The van der Waals surface area contributed by atoms with Gasteiger partial charge in [0.15, 0.2) is 10.9 Å². The van der Waals surface area contributed by atoms with Gasteiger partial charge in [-0.05, 0) is 50.7 Å². The van der Waals surface area contributed by atoms with Crippen LogP contribution in [0.3, 0.4) is 0 Å². The van der Waals surface area contributed by atoms with Crippen molar-refractivity contribution in [3.05, 3.63) is 65.1 Å². The summed E-state index contributed by atoms with van der Waals surface area (Å²) in [4.78, 5) is 12.8. The van der Waals surface area contributed by atoms with Crippen LogP contribution >= 0.6 is 12.2 Å². The zero-order valence-electron chi connectivity index (χ0n) is 17.6. The van der Waals surface area contributed by atoms with E-state index in [-0.39, 0.29) is 23.0 Å². The number of rotatable bonds is 5. The molecule has 0 saturated heterocycles. The number of anilines is 1. The molecule has 32 heavy (non-hydrogen) atoms. The van der Waals surface area contributed by atoms with Crippen LogP contribution in [0, 0.1) is 13.8 Å². The molecule has 1 amide bonds. The standard InChI is InChI=1S/C20H22F3N7OS/c1-12-10-13(2)29(25-12)14(3)18(31)27-30(19(24)32)17-8-9-28(26-17)11-15-6-4-5-7-16(15)20(21,22)23/h4-10,14H,11H2,1-3H3,(H2,24,32)(H,27,31). The molecule has 12 heteroatoms. The Morgan fingerprint density at radius 2 is 1.94 bits per heavy atom. The third-order valence-electron chi connectivity index (χ3n) is 4.74. The lowest BCUT2D eigenvalue weighted by Gasteiger charge is -2.23. The van der Waals surface area contributed by atoms with E-state index in [0.29, 0.717) is 0 Å². The van der Waals surface area contributed by atoms with Crippen LogP contribution in [-0.2, 0) is 17.5 Å². The van der Waals surface area contributed by atoms with Crippen molar-refractivity contribution in [1.82, 2.24) is 25.0 Å². The number of alkyl halides is 3. The first-order valence-corrected chi connectivity index (χ1v) is 9.99. The summed E-state index contributed by atoms with van der Waals surface area (Å²) < 4.78 is 42.6. The minimum atomic E-state index is -4.48. The van der Waals surface area contributed by atoms with E-state index in [1.165, 1.54) is 35.1 Å². The van der Waals surface area contributed by atoms with E-state index < -0.39 is 23.7 Å². The molecule has 0 saturated carbocycles. The predicted molar refractivity (Wildman–Crippen MR) is 117 cm³/mol. The van der Waals surface area contributed by atoms with Gasteiger partial charge in [0, 0.05) is 18.0 Å². The third kappa shape index (κ3) is 5.07. The van der Waals surface area contributed by atoms with E-state index in [0.717, 1.165) is 22.5 Å². The number of halogens is 3. The van der Waals surface area contributed by atoms with Crippen LogP contribution in [0.25, 0.3) is 0 Å². The monoisotopic (exact) mass is 465 g/mol. The van der Waals surface area contributed by atoms with E-state index in [4.69, 9.17) is 18.0 Å². The molecule has 1 aromatic carbocycles. The van der Waals surface area contributed by atoms with Crippen LogP contribution in [0.4, 0.5) is 19.0 Å². The molecule has 0 aliphatic rings. The van der Waals surface area contributed by atoms with E-state index in [9.17, 15) is 18.0 Å². The molecular formula is C20H22F3N7OS. The molecular weight excluding hydrogens is 443 g/mol. The molecule has 1 unspecified atom stereocenters. The molecule has 0 aliphatic carbocycles. The topological polar surface area (TPSA) is 94.0 Å². The third-order valence-corrected chi connectivity index (χ3v) is 4.93. The van der Waals surface area contributed by atoms with Gasteiger partial charge in [-0.2, -0.15) is 23.4 Å². The smallest absolute Gasteiger partial charge is 0.374 e. The largest absolute Gasteiger partial charge is 0.416 e. The molecule has 3 aromatic rings. The van der Waals surface area contributed by atoms with Gasteiger partial charge >= 0.3 is 6.18 Å². The molecule has 1 atom stereocenters. The number of carbonyl (C=O) groups excluding carboxylic acids is 1. The van der Waals surface area contributed by atoms with Crippen molar-refractivity contribution in [1.29, 1.82) is 0 Å². The maximum Gasteiger partial charge on any atom is 0.416 e. The average molecular weight is 466 g/mol. The average Bonchev–Trinajstić information content (AvgIpc) is 3.30. The van der Waals surface area contributed by atoms with Gasteiger partial charge in [-0.15, -0.1) is 0 Å².